The molecular formula is C18H26N4O2. The fraction of sp³-hybridized carbons (Fsp3) is 0.611. The molecule has 6 heteroatoms. The van der Waals surface area contributed by atoms with Crippen LogP contribution in [0.15, 0.2) is 12.3 Å². The zero-order chi connectivity index (χ0) is 17.7. The van der Waals surface area contributed by atoms with E-state index in [-0.39, 0.29) is 18.6 Å². The van der Waals surface area contributed by atoms with Crippen LogP contribution < -0.4 is 10.1 Å². The smallest absolute Gasteiger partial charge is 0.229 e. The number of nitrogens with zero attached hydrogens (tertiary/aromatic N) is 3. The second-order valence-electron chi connectivity index (χ2n) is 7.18. The fourth-order valence-electron chi connectivity index (χ4n) is 2.62. The number of nitrogens with one attached hydrogen (secondary N) is 1. The molecule has 0 atom stereocenters. The Morgan fingerprint density at radius 1 is 1.50 bits per heavy atom. The molecule has 1 amide bonds. The normalized spacial score (nSPS) is 16.5. The van der Waals surface area contributed by atoms with Gasteiger partial charge in [-0.25, -0.2) is 4.98 Å². The van der Waals surface area contributed by atoms with Gasteiger partial charge in [-0.1, -0.05) is 0 Å². The van der Waals surface area contributed by atoms with Gasteiger partial charge in [-0.05, 0) is 59.8 Å². The Labute approximate surface area is 143 Å². The van der Waals surface area contributed by atoms with Crippen molar-refractivity contribution in [3.8, 4) is 11.9 Å². The lowest BCUT2D eigenvalue weighted by Gasteiger charge is -2.32. The number of amides is 1. The maximum Gasteiger partial charge on any atom is 0.229 e. The summed E-state index contributed by atoms with van der Waals surface area (Å²) in [5, 5.41) is 12.0. The van der Waals surface area contributed by atoms with Gasteiger partial charge in [0.05, 0.1) is 11.0 Å². The van der Waals surface area contributed by atoms with Gasteiger partial charge in [0, 0.05) is 17.8 Å². The van der Waals surface area contributed by atoms with E-state index in [0.717, 1.165) is 31.5 Å². The summed E-state index contributed by atoms with van der Waals surface area (Å²) in [7, 11) is 2.10. The second kappa shape index (κ2) is 7.63. The average molecular weight is 330 g/mol. The van der Waals surface area contributed by atoms with E-state index in [2.05, 4.69) is 22.2 Å². The average Bonchev–Trinajstić information content (AvgIpc) is 2.55. The molecular weight excluding hydrogens is 304 g/mol. The maximum absolute atomic E-state index is 12.6. The SMILES string of the molecule is Cc1cc(C#N)cnc1OCC(C)(C)C(=O)NC1CCN(C)CC1. The van der Waals surface area contributed by atoms with Crippen LogP contribution in [0.3, 0.4) is 0 Å². The van der Waals surface area contributed by atoms with E-state index in [1.807, 2.05) is 26.8 Å². The first-order valence-corrected chi connectivity index (χ1v) is 8.31. The lowest BCUT2D eigenvalue weighted by Crippen LogP contribution is -2.49. The molecule has 130 valence electrons. The van der Waals surface area contributed by atoms with Gasteiger partial charge in [0.2, 0.25) is 11.8 Å². The Balaban J connectivity index is 1.90. The second-order valence-corrected chi connectivity index (χ2v) is 7.18. The number of nitriles is 1. The number of rotatable bonds is 5. The molecule has 24 heavy (non-hydrogen) atoms. The monoisotopic (exact) mass is 330 g/mol. The number of ether oxygens (including phenoxy) is 1. The number of carbonyl (C=O) groups is 1. The molecule has 1 aromatic heterocycles. The van der Waals surface area contributed by atoms with Crippen LogP contribution in [0.2, 0.25) is 0 Å². The van der Waals surface area contributed by atoms with Crippen LogP contribution in [0.5, 0.6) is 5.88 Å². The third kappa shape index (κ3) is 4.68. The third-order valence-electron chi connectivity index (χ3n) is 4.40. The molecule has 6 nitrogen and oxygen atoms in total. The topological polar surface area (TPSA) is 78.2 Å². The van der Waals surface area contributed by atoms with Crippen LogP contribution >= 0.6 is 0 Å². The van der Waals surface area contributed by atoms with Crippen LogP contribution in [0, 0.1) is 23.7 Å². The first-order chi connectivity index (χ1) is 11.3. The highest BCUT2D eigenvalue weighted by Crippen LogP contribution is 2.21. The van der Waals surface area contributed by atoms with Gasteiger partial charge >= 0.3 is 0 Å². The summed E-state index contributed by atoms with van der Waals surface area (Å²) in [5.41, 5.74) is 0.644. The molecule has 0 saturated carbocycles. The molecule has 0 unspecified atom stereocenters. The summed E-state index contributed by atoms with van der Waals surface area (Å²) >= 11 is 0. The Morgan fingerprint density at radius 3 is 2.75 bits per heavy atom. The molecule has 2 rings (SSSR count). The number of likely N-dealkylation sites (tertiary alicyclic amines) is 1. The Morgan fingerprint density at radius 2 is 2.17 bits per heavy atom. The van der Waals surface area contributed by atoms with E-state index in [9.17, 15) is 4.79 Å². The van der Waals surface area contributed by atoms with Crippen molar-refractivity contribution >= 4 is 5.91 Å². The minimum Gasteiger partial charge on any atom is -0.476 e. The summed E-state index contributed by atoms with van der Waals surface area (Å²) in [6, 6.07) is 4.02. The fourth-order valence-corrected chi connectivity index (χ4v) is 2.62. The van der Waals surface area contributed by atoms with E-state index < -0.39 is 5.41 Å². The Kier molecular flexibility index (Phi) is 5.79. The van der Waals surface area contributed by atoms with Crippen molar-refractivity contribution in [2.45, 2.75) is 39.7 Å². The highest BCUT2D eigenvalue weighted by molar-refractivity contribution is 5.82. The van der Waals surface area contributed by atoms with Crippen LogP contribution in [0.25, 0.3) is 0 Å². The highest BCUT2D eigenvalue weighted by atomic mass is 16.5. The number of pyridine rings is 1. The summed E-state index contributed by atoms with van der Waals surface area (Å²) in [6.45, 7) is 7.85. The van der Waals surface area contributed by atoms with Crippen molar-refractivity contribution in [1.29, 1.82) is 5.26 Å². The van der Waals surface area contributed by atoms with Gasteiger partial charge in [0.25, 0.3) is 0 Å². The molecule has 1 aromatic rings. The third-order valence-corrected chi connectivity index (χ3v) is 4.40. The van der Waals surface area contributed by atoms with Gasteiger partial charge in [-0.2, -0.15) is 5.26 Å². The molecule has 1 N–H and O–H groups in total. The van der Waals surface area contributed by atoms with E-state index >= 15 is 0 Å². The van der Waals surface area contributed by atoms with Crippen LogP contribution in [0.4, 0.5) is 0 Å². The first kappa shape index (κ1) is 18.2. The quantitative estimate of drug-likeness (QED) is 0.892. The standard InChI is InChI=1S/C18H26N4O2/c1-13-9-14(10-19)11-20-16(13)24-12-18(2,3)17(23)21-15-5-7-22(4)8-6-15/h9,11,15H,5-8,12H2,1-4H3,(H,21,23). The van der Waals surface area contributed by atoms with Gasteiger partial charge in [-0.15, -0.1) is 0 Å². The van der Waals surface area contributed by atoms with Gasteiger partial charge in [0.1, 0.15) is 12.7 Å². The van der Waals surface area contributed by atoms with Crippen molar-refractivity contribution in [2.75, 3.05) is 26.7 Å². The lowest BCUT2D eigenvalue weighted by molar-refractivity contribution is -0.131. The molecule has 0 aliphatic carbocycles. The predicted octanol–water partition coefficient (Wildman–Crippen LogP) is 1.88. The molecule has 0 radical (unpaired) electrons. The van der Waals surface area contributed by atoms with E-state index in [1.54, 1.807) is 6.07 Å². The number of aryl methyl sites for hydroxylation is 1. The van der Waals surface area contributed by atoms with Crippen LogP contribution in [-0.2, 0) is 4.79 Å². The molecule has 0 spiro atoms. The summed E-state index contributed by atoms with van der Waals surface area (Å²) in [6.07, 6.45) is 3.44. The van der Waals surface area contributed by atoms with E-state index in [4.69, 9.17) is 10.00 Å². The number of hydrogen-bond donors (Lipinski definition) is 1. The molecule has 2 heterocycles. The van der Waals surface area contributed by atoms with Crippen LogP contribution in [-0.4, -0.2) is 48.6 Å². The lowest BCUT2D eigenvalue weighted by atomic mass is 9.92. The van der Waals surface area contributed by atoms with Crippen LogP contribution in [0.1, 0.15) is 37.8 Å². The van der Waals surface area contributed by atoms with Crippen molar-refractivity contribution in [1.82, 2.24) is 15.2 Å². The Bertz CT molecular complexity index is 628. The summed E-state index contributed by atoms with van der Waals surface area (Å²) < 4.78 is 5.74. The van der Waals surface area contributed by atoms with Crippen molar-refractivity contribution < 1.29 is 9.53 Å². The number of hydrogen-bond acceptors (Lipinski definition) is 5. The molecule has 0 bridgehead atoms. The first-order valence-electron chi connectivity index (χ1n) is 8.31. The number of piperidine rings is 1. The molecule has 1 fully saturated rings. The van der Waals surface area contributed by atoms with Crippen molar-refractivity contribution in [2.24, 2.45) is 5.41 Å². The largest absolute Gasteiger partial charge is 0.476 e. The minimum absolute atomic E-state index is 0.00310. The molecule has 1 aliphatic heterocycles. The van der Waals surface area contributed by atoms with E-state index in [1.165, 1.54) is 6.20 Å². The summed E-state index contributed by atoms with van der Waals surface area (Å²) in [4.78, 5) is 19.0. The molecule has 1 saturated heterocycles. The minimum atomic E-state index is -0.647. The molecule has 0 aromatic carbocycles. The number of carbonyl (C=O) groups excluding carboxylic acids is 1. The van der Waals surface area contributed by atoms with Crippen molar-refractivity contribution in [3.63, 3.8) is 0 Å². The Hall–Kier alpha value is -2.13. The summed E-state index contributed by atoms with van der Waals surface area (Å²) in [5.74, 6) is 0.470. The number of aromatic nitrogens is 1. The predicted molar refractivity (Wildman–Crippen MR) is 91.6 cm³/mol. The highest BCUT2D eigenvalue weighted by Gasteiger charge is 2.31. The maximum atomic E-state index is 12.6. The van der Waals surface area contributed by atoms with Gasteiger partial charge in [-0.3, -0.25) is 4.79 Å². The zero-order valence-electron chi connectivity index (χ0n) is 14.9. The molecule has 1 aliphatic rings. The van der Waals surface area contributed by atoms with Gasteiger partial charge < -0.3 is 15.0 Å². The van der Waals surface area contributed by atoms with Gasteiger partial charge in [0.15, 0.2) is 0 Å². The zero-order valence-corrected chi connectivity index (χ0v) is 14.9. The van der Waals surface area contributed by atoms with Crippen molar-refractivity contribution in [3.05, 3.63) is 23.4 Å². The van der Waals surface area contributed by atoms with E-state index in [0.29, 0.717) is 11.4 Å².